The predicted octanol–water partition coefficient (Wildman–Crippen LogP) is 14.4. The molecule has 68 heavy (non-hydrogen) atoms. The fourth-order valence-corrected chi connectivity index (χ4v) is 18.3. The Bertz CT molecular complexity index is 2570. The van der Waals surface area contributed by atoms with E-state index in [0.29, 0.717) is 12.8 Å². The molecule has 0 radical (unpaired) electrons. The number of para-hydroxylation sites is 4. The van der Waals surface area contributed by atoms with Crippen molar-refractivity contribution in [3.05, 3.63) is 178 Å². The Morgan fingerprint density at radius 1 is 0.456 bits per heavy atom. The van der Waals surface area contributed by atoms with Crippen molar-refractivity contribution in [1.29, 1.82) is 0 Å². The highest BCUT2D eigenvalue weighted by Crippen LogP contribution is 2.72. The molecule has 10 heteroatoms. The number of unbranched alkanes of at least 4 members (excludes halogenated alkanes) is 2. The van der Waals surface area contributed by atoms with Crippen molar-refractivity contribution >= 4 is 77.9 Å². The van der Waals surface area contributed by atoms with Gasteiger partial charge >= 0.3 is 11.9 Å². The van der Waals surface area contributed by atoms with Gasteiger partial charge in [-0.25, -0.2) is 0 Å². The molecule has 0 N–H and O–H groups in total. The van der Waals surface area contributed by atoms with Crippen molar-refractivity contribution in [2.75, 3.05) is 46.9 Å². The van der Waals surface area contributed by atoms with Crippen molar-refractivity contribution in [1.82, 2.24) is 0 Å². The van der Waals surface area contributed by atoms with Gasteiger partial charge in [0.15, 0.2) is 0 Å². The van der Waals surface area contributed by atoms with Gasteiger partial charge in [-0.1, -0.05) is 165 Å². The third-order valence-electron chi connectivity index (χ3n) is 15.2. The summed E-state index contributed by atoms with van der Waals surface area (Å²) in [6.45, 7) is 0.261. The number of esters is 2. The van der Waals surface area contributed by atoms with Gasteiger partial charge in [0, 0.05) is 72.7 Å². The normalized spacial score (nSPS) is 17.3. The average molecular weight is 975 g/mol. The van der Waals surface area contributed by atoms with Gasteiger partial charge < -0.3 is 19.3 Å². The van der Waals surface area contributed by atoms with Crippen molar-refractivity contribution < 1.29 is 19.1 Å². The summed E-state index contributed by atoms with van der Waals surface area (Å²) in [5.41, 5.74) is 13.8. The second-order valence-electron chi connectivity index (χ2n) is 19.0. The molecule has 0 bridgehead atoms. The molecule has 0 saturated carbocycles. The molecule has 4 heterocycles. The molecule has 6 nitrogen and oxygen atoms in total. The average Bonchev–Trinajstić information content (AvgIpc) is 4.12. The maximum absolute atomic E-state index is 13.8. The van der Waals surface area contributed by atoms with E-state index in [1.165, 1.54) is 45.3 Å². The van der Waals surface area contributed by atoms with E-state index in [9.17, 15) is 9.59 Å². The molecule has 2 spiro atoms. The van der Waals surface area contributed by atoms with Crippen LogP contribution in [-0.2, 0) is 43.1 Å². The number of benzene rings is 6. The second kappa shape index (κ2) is 19.6. The molecule has 1 aliphatic carbocycles. The van der Waals surface area contributed by atoms with Crippen LogP contribution in [-0.4, -0.2) is 49.0 Å². The third kappa shape index (κ3) is 7.67. The highest BCUT2D eigenvalue weighted by Gasteiger charge is 2.66. The summed E-state index contributed by atoms with van der Waals surface area (Å²) in [5.74, 6) is 5.96. The molecule has 0 amide bonds. The van der Waals surface area contributed by atoms with Gasteiger partial charge in [-0.2, -0.15) is 0 Å². The molecule has 11 rings (SSSR count). The first-order valence-electron chi connectivity index (χ1n) is 24.3. The largest absolute Gasteiger partial charge is 0.461 e. The van der Waals surface area contributed by atoms with E-state index in [4.69, 9.17) is 9.47 Å². The molecule has 2 fully saturated rings. The van der Waals surface area contributed by atoms with Gasteiger partial charge in [-0.15, -0.1) is 0 Å². The minimum atomic E-state index is -0.856. The van der Waals surface area contributed by atoms with Crippen molar-refractivity contribution in [2.24, 2.45) is 11.8 Å². The number of ether oxygens (including phenoxy) is 2. The summed E-state index contributed by atoms with van der Waals surface area (Å²) in [4.78, 5) is 32.2. The van der Waals surface area contributed by atoms with Crippen LogP contribution >= 0.6 is 43.2 Å². The number of anilines is 4. The highest BCUT2D eigenvalue weighted by atomic mass is 33.1. The van der Waals surface area contributed by atoms with E-state index in [0.717, 1.165) is 106 Å². The minimum absolute atomic E-state index is 0.131. The lowest BCUT2D eigenvalue weighted by atomic mass is 9.41. The van der Waals surface area contributed by atoms with Gasteiger partial charge in [-0.05, 0) is 117 Å². The first-order chi connectivity index (χ1) is 33.4. The van der Waals surface area contributed by atoms with E-state index in [-0.39, 0.29) is 25.2 Å². The van der Waals surface area contributed by atoms with Crippen molar-refractivity contribution in [2.45, 2.75) is 75.4 Å². The summed E-state index contributed by atoms with van der Waals surface area (Å²) < 4.78 is 12.7. The lowest BCUT2D eigenvalue weighted by Crippen LogP contribution is -2.58. The number of hydrogen-bond acceptors (Lipinski definition) is 10. The van der Waals surface area contributed by atoms with E-state index < -0.39 is 10.8 Å². The van der Waals surface area contributed by atoms with Crippen LogP contribution in [0.4, 0.5) is 22.7 Å². The summed E-state index contributed by atoms with van der Waals surface area (Å²) in [7, 11) is 12.2. The molecule has 5 aliphatic rings. The fourth-order valence-electron chi connectivity index (χ4n) is 12.2. The molecule has 0 atom stereocenters. The van der Waals surface area contributed by atoms with Crippen LogP contribution < -0.4 is 9.80 Å². The highest BCUT2D eigenvalue weighted by molar-refractivity contribution is 8.77. The Labute approximate surface area is 417 Å². The summed E-state index contributed by atoms with van der Waals surface area (Å²) in [6.07, 6.45) is 6.85. The van der Waals surface area contributed by atoms with Crippen LogP contribution in [0.15, 0.2) is 133 Å². The molecule has 6 aromatic rings. The van der Waals surface area contributed by atoms with Gasteiger partial charge in [0.1, 0.15) is 13.2 Å². The summed E-state index contributed by atoms with van der Waals surface area (Å²) >= 11 is 0. The zero-order valence-corrected chi connectivity index (χ0v) is 42.2. The van der Waals surface area contributed by atoms with Crippen LogP contribution in [0.5, 0.6) is 0 Å². The fraction of sp³-hybridized carbons (Fsp3) is 0.345. The second-order valence-corrected chi connectivity index (χ2v) is 24.2. The number of carbonyl (C=O) groups excluding carboxylic acids is 2. The van der Waals surface area contributed by atoms with Crippen LogP contribution in [0.25, 0.3) is 11.1 Å². The number of fused-ring (bicyclic) bond motifs is 14. The minimum Gasteiger partial charge on any atom is -0.461 e. The molecular weight excluding hydrogens is 917 g/mol. The third-order valence-corrected chi connectivity index (χ3v) is 20.6. The number of rotatable bonds is 14. The quantitative estimate of drug-likeness (QED) is 0.0599. The Kier molecular flexibility index (Phi) is 13.2. The van der Waals surface area contributed by atoms with E-state index in [1.54, 1.807) is 0 Å². The van der Waals surface area contributed by atoms with Crippen molar-refractivity contribution in [3.63, 3.8) is 0 Å². The van der Waals surface area contributed by atoms with E-state index >= 15 is 0 Å². The number of hydrogen-bond donors (Lipinski definition) is 0. The topological polar surface area (TPSA) is 59.1 Å². The lowest BCUT2D eigenvalue weighted by Gasteiger charge is -2.62. The molecule has 6 aromatic carbocycles. The van der Waals surface area contributed by atoms with Gasteiger partial charge in [0.05, 0.1) is 10.8 Å². The number of nitrogens with zero attached hydrogens (tertiary/aromatic N) is 2. The first-order valence-corrected chi connectivity index (χ1v) is 29.3. The molecule has 348 valence electrons. The van der Waals surface area contributed by atoms with Gasteiger partial charge in [-0.3, -0.25) is 9.59 Å². The Morgan fingerprint density at radius 3 is 1.13 bits per heavy atom. The number of carbonyl (C=O) groups is 2. The van der Waals surface area contributed by atoms with E-state index in [2.05, 4.69) is 157 Å². The van der Waals surface area contributed by atoms with Crippen LogP contribution in [0.3, 0.4) is 0 Å². The zero-order valence-electron chi connectivity index (χ0n) is 38.9. The molecule has 0 unspecified atom stereocenters. The molecular formula is C58H58N2O4S4. The monoisotopic (exact) mass is 974 g/mol. The van der Waals surface area contributed by atoms with Gasteiger partial charge in [0.25, 0.3) is 0 Å². The maximum Gasteiger partial charge on any atom is 0.306 e. The summed E-state index contributed by atoms with van der Waals surface area (Å²) in [5, 5.41) is 0. The first kappa shape index (κ1) is 45.7. The zero-order chi connectivity index (χ0) is 46.2. The lowest BCUT2D eigenvalue weighted by molar-refractivity contribution is -0.146. The molecule has 0 aromatic heterocycles. The standard InChI is InChI=1S/C58H58N2O4S4/c1-59-49-27-9-5-21-43(49)57(44-22-6-10-28-50(44)59)47-25-15-19-41(33-63-53(61)31-13-3-17-39-35-65-66-36-39)55(47)56-42(34-64-54(62)32-14-4-18-40-37-67-68-38-40)20-16-26-48(56)58(57)45-23-7-11-29-51(45)60(2)52-30-12-8-24-46(52)58/h5-12,15-16,19-30,39-40H,3-4,13-14,17-18,31-38H2,1-2H3. The Morgan fingerprint density at radius 2 is 0.779 bits per heavy atom. The van der Waals surface area contributed by atoms with Crippen molar-refractivity contribution in [3.8, 4) is 11.1 Å². The Balaban J connectivity index is 1.11. The Hall–Kier alpha value is -4.74. The van der Waals surface area contributed by atoms with Gasteiger partial charge in [0.2, 0.25) is 0 Å². The summed E-state index contributed by atoms with van der Waals surface area (Å²) in [6, 6.07) is 49.1. The van der Waals surface area contributed by atoms with Crippen LogP contribution in [0.2, 0.25) is 0 Å². The maximum atomic E-state index is 13.8. The SMILES string of the molecule is CN1c2ccccc2C2(c3ccccc31)c1cccc(COC(=O)CCCCC3CSSC3)c1-c1c(COC(=O)CCCCC3CSSC3)cccc1C21c2ccccc2N(C)c2ccccc21. The molecule has 4 aliphatic heterocycles. The van der Waals surface area contributed by atoms with Crippen LogP contribution in [0, 0.1) is 11.8 Å². The van der Waals surface area contributed by atoms with Crippen LogP contribution in [0.1, 0.15) is 95.9 Å². The van der Waals surface area contributed by atoms with E-state index in [1.807, 2.05) is 43.2 Å². The predicted molar refractivity (Wildman–Crippen MR) is 287 cm³/mol. The smallest absolute Gasteiger partial charge is 0.306 e. The molecule has 2 saturated heterocycles.